The molecular formula is C16H16O5S. The first kappa shape index (κ1) is 16.0. The molecule has 2 aromatic rings. The molecule has 22 heavy (non-hydrogen) atoms. The largest absolute Gasteiger partial charge is 0.496 e. The van der Waals surface area contributed by atoms with Gasteiger partial charge in [0, 0.05) is 5.56 Å². The molecular weight excluding hydrogens is 304 g/mol. The molecule has 0 unspecified atom stereocenters. The number of ether oxygens (including phenoxy) is 1. The van der Waals surface area contributed by atoms with Crippen molar-refractivity contribution in [2.75, 3.05) is 7.11 Å². The molecule has 0 aliphatic rings. The van der Waals surface area contributed by atoms with Crippen LogP contribution in [-0.2, 0) is 10.1 Å². The fourth-order valence-corrected chi connectivity index (χ4v) is 2.94. The van der Waals surface area contributed by atoms with Gasteiger partial charge in [0.1, 0.15) is 16.4 Å². The molecule has 0 radical (unpaired) electrons. The van der Waals surface area contributed by atoms with E-state index < -0.39 is 10.1 Å². The van der Waals surface area contributed by atoms with E-state index in [2.05, 4.69) is 0 Å². The number of rotatable bonds is 5. The van der Waals surface area contributed by atoms with Crippen LogP contribution in [0.15, 0.2) is 47.4 Å². The van der Waals surface area contributed by atoms with Crippen LogP contribution in [0, 0.1) is 6.92 Å². The Labute approximate surface area is 129 Å². The lowest BCUT2D eigenvalue weighted by Crippen LogP contribution is -2.10. The second-order valence-electron chi connectivity index (χ2n) is 4.75. The molecule has 0 aliphatic carbocycles. The van der Waals surface area contributed by atoms with Gasteiger partial charge in [-0.25, -0.2) is 0 Å². The maximum atomic E-state index is 12.2. The molecule has 0 spiro atoms. The van der Waals surface area contributed by atoms with Crippen molar-refractivity contribution in [1.82, 2.24) is 0 Å². The quantitative estimate of drug-likeness (QED) is 0.626. The topological polar surface area (TPSA) is 69.7 Å². The van der Waals surface area contributed by atoms with E-state index in [0.717, 1.165) is 0 Å². The van der Waals surface area contributed by atoms with Gasteiger partial charge in [-0.1, -0.05) is 0 Å². The Bertz CT molecular complexity index is 792. The minimum Gasteiger partial charge on any atom is -0.496 e. The van der Waals surface area contributed by atoms with Crippen molar-refractivity contribution < 1.29 is 22.1 Å². The molecule has 116 valence electrons. The molecule has 6 heteroatoms. The Morgan fingerprint density at radius 2 is 1.68 bits per heavy atom. The molecule has 0 atom stereocenters. The van der Waals surface area contributed by atoms with Gasteiger partial charge < -0.3 is 8.92 Å². The minimum atomic E-state index is -3.93. The number of carbonyl (C=O) groups excluding carboxylic acids is 1. The summed E-state index contributed by atoms with van der Waals surface area (Å²) in [6, 6.07) is 10.4. The van der Waals surface area contributed by atoms with Crippen LogP contribution in [-0.4, -0.2) is 21.3 Å². The van der Waals surface area contributed by atoms with Gasteiger partial charge >= 0.3 is 10.1 Å². The number of Topliss-reactive ketones (excluding diaryl/α,β-unsaturated/α-hetero) is 1. The van der Waals surface area contributed by atoms with E-state index in [-0.39, 0.29) is 16.4 Å². The van der Waals surface area contributed by atoms with Crippen molar-refractivity contribution in [3.05, 3.63) is 53.6 Å². The molecule has 2 aromatic carbocycles. The van der Waals surface area contributed by atoms with E-state index in [1.165, 1.54) is 50.4 Å². The molecule has 0 saturated heterocycles. The van der Waals surface area contributed by atoms with Crippen LogP contribution in [0.5, 0.6) is 11.5 Å². The van der Waals surface area contributed by atoms with Crippen LogP contribution >= 0.6 is 0 Å². The highest BCUT2D eigenvalue weighted by atomic mass is 32.2. The lowest BCUT2D eigenvalue weighted by molar-refractivity contribution is 0.101. The van der Waals surface area contributed by atoms with Gasteiger partial charge in [-0.15, -0.1) is 0 Å². The van der Waals surface area contributed by atoms with Crippen LogP contribution in [0.3, 0.4) is 0 Å². The molecule has 0 fully saturated rings. The molecule has 0 amide bonds. The average Bonchev–Trinajstić information content (AvgIpc) is 2.47. The van der Waals surface area contributed by atoms with Gasteiger partial charge in [-0.2, -0.15) is 8.42 Å². The first-order valence-electron chi connectivity index (χ1n) is 6.53. The number of benzene rings is 2. The van der Waals surface area contributed by atoms with Gasteiger partial charge in [0.2, 0.25) is 0 Å². The molecule has 0 N–H and O–H groups in total. The SMILES string of the molecule is COc1ccc(S(=O)(=O)Oc2ccc(C(C)=O)cc2)cc1C. The first-order chi connectivity index (χ1) is 10.3. The maximum absolute atomic E-state index is 12.2. The Morgan fingerprint density at radius 3 is 2.18 bits per heavy atom. The van der Waals surface area contributed by atoms with Crippen LogP contribution in [0.25, 0.3) is 0 Å². The lowest BCUT2D eigenvalue weighted by Gasteiger charge is -2.10. The highest BCUT2D eigenvalue weighted by Gasteiger charge is 2.18. The number of carbonyl (C=O) groups is 1. The number of aryl methyl sites for hydroxylation is 1. The molecule has 0 saturated carbocycles. The van der Waals surface area contributed by atoms with Crippen molar-refractivity contribution in [1.29, 1.82) is 0 Å². The second kappa shape index (κ2) is 6.19. The third-order valence-corrected chi connectivity index (χ3v) is 4.36. The summed E-state index contributed by atoms with van der Waals surface area (Å²) in [4.78, 5) is 11.2. The Hall–Kier alpha value is -2.34. The van der Waals surface area contributed by atoms with Gasteiger partial charge in [0.05, 0.1) is 7.11 Å². The lowest BCUT2D eigenvalue weighted by atomic mass is 10.1. The van der Waals surface area contributed by atoms with E-state index in [1.807, 2.05) is 0 Å². The molecule has 0 aromatic heterocycles. The minimum absolute atomic E-state index is 0.0430. The highest BCUT2D eigenvalue weighted by molar-refractivity contribution is 7.87. The smallest absolute Gasteiger partial charge is 0.339 e. The summed E-state index contributed by atoms with van der Waals surface area (Å²) in [6.45, 7) is 3.19. The summed E-state index contributed by atoms with van der Waals surface area (Å²) < 4.78 is 34.7. The Balaban J connectivity index is 2.27. The zero-order valence-corrected chi connectivity index (χ0v) is 13.3. The van der Waals surface area contributed by atoms with Crippen LogP contribution in [0.4, 0.5) is 0 Å². The molecule has 0 bridgehead atoms. The summed E-state index contributed by atoms with van der Waals surface area (Å²) in [7, 11) is -2.42. The van der Waals surface area contributed by atoms with Gasteiger partial charge in [0.25, 0.3) is 0 Å². The number of ketones is 1. The van der Waals surface area contributed by atoms with E-state index in [0.29, 0.717) is 16.9 Å². The zero-order chi connectivity index (χ0) is 16.3. The van der Waals surface area contributed by atoms with Crippen molar-refractivity contribution in [2.24, 2.45) is 0 Å². The normalized spacial score (nSPS) is 11.0. The summed E-state index contributed by atoms with van der Waals surface area (Å²) in [6.07, 6.45) is 0. The molecule has 5 nitrogen and oxygen atoms in total. The van der Waals surface area contributed by atoms with Crippen LogP contribution in [0.2, 0.25) is 0 Å². The highest BCUT2D eigenvalue weighted by Crippen LogP contribution is 2.24. The Kier molecular flexibility index (Phi) is 4.51. The molecule has 0 aliphatic heterocycles. The first-order valence-corrected chi connectivity index (χ1v) is 7.94. The van der Waals surface area contributed by atoms with Crippen molar-refractivity contribution in [2.45, 2.75) is 18.7 Å². The average molecular weight is 320 g/mol. The molecule has 0 heterocycles. The van der Waals surface area contributed by atoms with Crippen LogP contribution < -0.4 is 8.92 Å². The monoisotopic (exact) mass is 320 g/mol. The van der Waals surface area contributed by atoms with E-state index in [1.54, 1.807) is 13.0 Å². The van der Waals surface area contributed by atoms with Crippen LogP contribution in [0.1, 0.15) is 22.8 Å². The van der Waals surface area contributed by atoms with Gasteiger partial charge in [-0.3, -0.25) is 4.79 Å². The number of hydrogen-bond acceptors (Lipinski definition) is 5. The summed E-state index contributed by atoms with van der Waals surface area (Å²) in [5.74, 6) is 0.656. The van der Waals surface area contributed by atoms with Gasteiger partial charge in [0.15, 0.2) is 5.78 Å². The predicted molar refractivity (Wildman–Crippen MR) is 82.0 cm³/mol. The van der Waals surface area contributed by atoms with E-state index >= 15 is 0 Å². The van der Waals surface area contributed by atoms with Gasteiger partial charge in [-0.05, 0) is 61.9 Å². The fourth-order valence-electron chi connectivity index (χ4n) is 1.93. The summed E-state index contributed by atoms with van der Waals surface area (Å²) >= 11 is 0. The third kappa shape index (κ3) is 3.46. The summed E-state index contributed by atoms with van der Waals surface area (Å²) in [5, 5.41) is 0. The zero-order valence-electron chi connectivity index (χ0n) is 12.5. The fraction of sp³-hybridized carbons (Fsp3) is 0.188. The van der Waals surface area contributed by atoms with Crippen molar-refractivity contribution in [3.63, 3.8) is 0 Å². The standard InChI is InChI=1S/C16H16O5S/c1-11-10-15(8-9-16(11)20-3)22(18,19)21-14-6-4-13(5-7-14)12(2)17/h4-10H,1-3H3. The van der Waals surface area contributed by atoms with Crippen molar-refractivity contribution in [3.8, 4) is 11.5 Å². The van der Waals surface area contributed by atoms with E-state index in [4.69, 9.17) is 8.92 Å². The Morgan fingerprint density at radius 1 is 1.05 bits per heavy atom. The van der Waals surface area contributed by atoms with E-state index in [9.17, 15) is 13.2 Å². The third-order valence-electron chi connectivity index (χ3n) is 3.12. The predicted octanol–water partition coefficient (Wildman–Crippen LogP) is 2.97. The van der Waals surface area contributed by atoms with Crippen molar-refractivity contribution >= 4 is 15.9 Å². The number of hydrogen-bond donors (Lipinski definition) is 0. The summed E-state index contributed by atoms with van der Waals surface area (Å²) in [5.41, 5.74) is 1.18. The number of methoxy groups -OCH3 is 1. The maximum Gasteiger partial charge on any atom is 0.339 e. The molecule has 2 rings (SSSR count). The second-order valence-corrected chi connectivity index (χ2v) is 6.30.